The van der Waals surface area contributed by atoms with Gasteiger partial charge in [0.15, 0.2) is 0 Å². The first-order valence-corrected chi connectivity index (χ1v) is 11.5. The van der Waals surface area contributed by atoms with E-state index >= 15 is 0 Å². The number of nitrogens with zero attached hydrogens (tertiary/aromatic N) is 4. The Kier molecular flexibility index (Phi) is 6.86. The number of piperidine rings is 2. The molecule has 0 saturated carbocycles. The zero-order chi connectivity index (χ0) is 21.0. The van der Waals surface area contributed by atoms with Crippen LogP contribution in [-0.2, 0) is 14.8 Å². The molecule has 1 amide bonds. The minimum atomic E-state index is -3.74. The number of amides is 1. The maximum atomic E-state index is 12.9. The van der Waals surface area contributed by atoms with Crippen molar-refractivity contribution in [2.75, 3.05) is 33.2 Å². The number of rotatable bonds is 6. The normalized spacial score (nSPS) is 21.6. The van der Waals surface area contributed by atoms with E-state index in [2.05, 4.69) is 5.01 Å². The van der Waals surface area contributed by atoms with Crippen molar-refractivity contribution in [3.8, 4) is 0 Å². The average Bonchev–Trinajstić information content (AvgIpc) is 2.74. The van der Waals surface area contributed by atoms with Crippen molar-refractivity contribution in [2.45, 2.75) is 43.4 Å². The highest BCUT2D eigenvalue weighted by molar-refractivity contribution is 7.89. The molecule has 0 aromatic heterocycles. The van der Waals surface area contributed by atoms with Gasteiger partial charge >= 0.3 is 0 Å². The number of carbonyl (C=O) groups is 1. The average molecular weight is 425 g/mol. The molecule has 160 valence electrons. The van der Waals surface area contributed by atoms with Crippen LogP contribution in [0.15, 0.2) is 29.2 Å². The van der Waals surface area contributed by atoms with Crippen LogP contribution in [0.3, 0.4) is 0 Å². The summed E-state index contributed by atoms with van der Waals surface area (Å²) in [4.78, 5) is 23.0. The summed E-state index contributed by atoms with van der Waals surface area (Å²) in [6.07, 6.45) is 5.18. The Bertz CT molecular complexity index is 837. The number of nitro benzene ring substituents is 1. The van der Waals surface area contributed by atoms with Crippen molar-refractivity contribution < 1.29 is 18.1 Å². The first-order chi connectivity index (χ1) is 13.8. The Morgan fingerprint density at radius 3 is 2.41 bits per heavy atom. The number of hydrogen-bond acceptors (Lipinski definition) is 6. The molecule has 2 heterocycles. The van der Waals surface area contributed by atoms with Crippen molar-refractivity contribution in [2.24, 2.45) is 5.92 Å². The summed E-state index contributed by atoms with van der Waals surface area (Å²) in [7, 11) is -1.94. The van der Waals surface area contributed by atoms with E-state index in [1.54, 1.807) is 12.1 Å². The molecule has 0 N–H and O–H groups in total. The van der Waals surface area contributed by atoms with E-state index < -0.39 is 14.9 Å². The van der Waals surface area contributed by atoms with E-state index in [1.807, 2.05) is 0 Å². The fourth-order valence-corrected chi connectivity index (χ4v) is 5.57. The molecular weight excluding hydrogens is 396 g/mol. The van der Waals surface area contributed by atoms with Crippen molar-refractivity contribution in [1.82, 2.24) is 14.3 Å². The zero-order valence-corrected chi connectivity index (χ0v) is 17.5. The number of benzene rings is 1. The Morgan fingerprint density at radius 2 is 1.79 bits per heavy atom. The van der Waals surface area contributed by atoms with Crippen LogP contribution in [0.25, 0.3) is 0 Å². The molecular formula is C19H28N4O5S. The lowest BCUT2D eigenvalue weighted by molar-refractivity contribution is -0.384. The zero-order valence-electron chi connectivity index (χ0n) is 16.7. The smallest absolute Gasteiger partial charge is 0.269 e. The molecule has 1 atom stereocenters. The van der Waals surface area contributed by atoms with Gasteiger partial charge in [0.25, 0.3) is 5.69 Å². The van der Waals surface area contributed by atoms with Crippen molar-refractivity contribution in [3.63, 3.8) is 0 Å². The maximum absolute atomic E-state index is 12.9. The Balaban J connectivity index is 1.63. The minimum absolute atomic E-state index is 0.0199. The third kappa shape index (κ3) is 5.12. The molecule has 2 fully saturated rings. The summed E-state index contributed by atoms with van der Waals surface area (Å²) in [5, 5.41) is 14.6. The molecule has 3 rings (SSSR count). The standard InChI is InChI=1S/C19H28N4O5S/c1-20(21-11-3-2-4-12-21)19(24)14-16-6-5-13-22(15-16)29(27,28)18-9-7-17(8-10-18)23(25)26/h7-10,16H,2-6,11-15H2,1H3. The highest BCUT2D eigenvalue weighted by Gasteiger charge is 2.32. The molecule has 2 aliphatic rings. The van der Waals surface area contributed by atoms with Gasteiger partial charge in [0, 0.05) is 51.8 Å². The molecule has 29 heavy (non-hydrogen) atoms. The maximum Gasteiger partial charge on any atom is 0.269 e. The number of non-ortho nitro benzene ring substituents is 1. The van der Waals surface area contributed by atoms with Gasteiger partial charge in [-0.1, -0.05) is 6.42 Å². The largest absolute Gasteiger partial charge is 0.278 e. The van der Waals surface area contributed by atoms with E-state index in [4.69, 9.17) is 0 Å². The number of nitro groups is 1. The predicted octanol–water partition coefficient (Wildman–Crippen LogP) is 2.24. The second kappa shape index (κ2) is 9.19. The van der Waals surface area contributed by atoms with Crippen molar-refractivity contribution >= 4 is 21.6 Å². The lowest BCUT2D eigenvalue weighted by Gasteiger charge is -2.37. The van der Waals surface area contributed by atoms with E-state index in [9.17, 15) is 23.3 Å². The molecule has 1 unspecified atom stereocenters. The summed E-state index contributed by atoms with van der Waals surface area (Å²) in [6.45, 7) is 2.45. The van der Waals surface area contributed by atoms with Crippen molar-refractivity contribution in [1.29, 1.82) is 0 Å². The fourth-order valence-electron chi connectivity index (χ4n) is 4.01. The highest BCUT2D eigenvalue weighted by Crippen LogP contribution is 2.27. The molecule has 9 nitrogen and oxygen atoms in total. The van der Waals surface area contributed by atoms with Gasteiger partial charge in [0.05, 0.1) is 9.82 Å². The third-order valence-corrected chi connectivity index (χ3v) is 7.63. The lowest BCUT2D eigenvalue weighted by atomic mass is 9.96. The summed E-state index contributed by atoms with van der Waals surface area (Å²) >= 11 is 0. The first kappa shape index (κ1) is 21.7. The molecule has 0 spiro atoms. The molecule has 1 aromatic carbocycles. The SMILES string of the molecule is CN(C(=O)CC1CCCN(S(=O)(=O)c2ccc([N+](=O)[O-])cc2)C1)N1CCCCC1. The fraction of sp³-hybridized carbons (Fsp3) is 0.632. The highest BCUT2D eigenvalue weighted by atomic mass is 32.2. The summed E-state index contributed by atoms with van der Waals surface area (Å²) in [5.74, 6) is -0.0113. The van der Waals surface area contributed by atoms with Gasteiger partial charge in [0.2, 0.25) is 15.9 Å². The van der Waals surface area contributed by atoms with Gasteiger partial charge in [-0.3, -0.25) is 19.9 Å². The van der Waals surface area contributed by atoms with Crippen LogP contribution in [0, 0.1) is 16.0 Å². The van der Waals surface area contributed by atoms with Crippen LogP contribution in [0.2, 0.25) is 0 Å². The number of hydrogen-bond donors (Lipinski definition) is 0. The molecule has 2 aliphatic heterocycles. The van der Waals surface area contributed by atoms with Crippen LogP contribution < -0.4 is 0 Å². The first-order valence-electron chi connectivity index (χ1n) is 10.0. The van der Waals surface area contributed by atoms with Crippen LogP contribution in [0.4, 0.5) is 5.69 Å². The summed E-state index contributed by atoms with van der Waals surface area (Å²) in [6, 6.07) is 4.94. The van der Waals surface area contributed by atoms with Gasteiger partial charge in [-0.05, 0) is 43.7 Å². The quantitative estimate of drug-likeness (QED) is 0.512. The van der Waals surface area contributed by atoms with E-state index in [0.29, 0.717) is 25.9 Å². The second-order valence-electron chi connectivity index (χ2n) is 7.76. The van der Waals surface area contributed by atoms with Gasteiger partial charge in [0.1, 0.15) is 0 Å². The number of hydrazine groups is 1. The molecule has 1 aromatic rings. The van der Waals surface area contributed by atoms with E-state index in [1.165, 1.54) is 35.0 Å². The Morgan fingerprint density at radius 1 is 1.14 bits per heavy atom. The summed E-state index contributed by atoms with van der Waals surface area (Å²) < 4.78 is 27.3. The van der Waals surface area contributed by atoms with Gasteiger partial charge in [-0.2, -0.15) is 4.31 Å². The van der Waals surface area contributed by atoms with E-state index in [-0.39, 0.29) is 22.4 Å². The van der Waals surface area contributed by atoms with Crippen LogP contribution >= 0.6 is 0 Å². The topological polar surface area (TPSA) is 104 Å². The minimum Gasteiger partial charge on any atom is -0.278 e. The lowest BCUT2D eigenvalue weighted by Crippen LogP contribution is -2.48. The Hall–Kier alpha value is -2.04. The molecule has 0 aliphatic carbocycles. The molecule has 0 bridgehead atoms. The van der Waals surface area contributed by atoms with Gasteiger partial charge < -0.3 is 0 Å². The van der Waals surface area contributed by atoms with E-state index in [0.717, 1.165) is 32.4 Å². The molecule has 0 radical (unpaired) electrons. The van der Waals surface area contributed by atoms with Crippen molar-refractivity contribution in [3.05, 3.63) is 34.4 Å². The monoisotopic (exact) mass is 424 g/mol. The molecule has 2 saturated heterocycles. The predicted molar refractivity (Wildman–Crippen MR) is 107 cm³/mol. The van der Waals surface area contributed by atoms with Gasteiger partial charge in [-0.15, -0.1) is 0 Å². The number of sulfonamides is 1. The summed E-state index contributed by atoms with van der Waals surface area (Å²) in [5.41, 5.74) is -0.146. The third-order valence-electron chi connectivity index (χ3n) is 5.75. The van der Waals surface area contributed by atoms with Crippen LogP contribution in [-0.4, -0.2) is 66.8 Å². The van der Waals surface area contributed by atoms with Crippen LogP contribution in [0.1, 0.15) is 38.5 Å². The van der Waals surface area contributed by atoms with Gasteiger partial charge in [-0.25, -0.2) is 13.4 Å². The molecule has 10 heteroatoms. The number of carbonyl (C=O) groups excluding carboxylic acids is 1. The van der Waals surface area contributed by atoms with Crippen LogP contribution in [0.5, 0.6) is 0 Å². The Labute approximate surface area is 171 Å². The second-order valence-corrected chi connectivity index (χ2v) is 9.70.